The molecule has 1 fully saturated rings. The molecular weight excluding hydrogens is 371 g/mol. The Hall–Kier alpha value is -1.99. The van der Waals surface area contributed by atoms with Crippen LogP contribution in [0.3, 0.4) is 0 Å². The molecule has 2 amide bonds. The first-order chi connectivity index (χ1) is 13.8. The minimum absolute atomic E-state index is 0.0666. The first-order valence-corrected chi connectivity index (χ1v) is 10.8. The average molecular weight is 409 g/mol. The minimum atomic E-state index is -0.318. The summed E-state index contributed by atoms with van der Waals surface area (Å²) in [5.41, 5.74) is 0.610. The molecule has 0 aliphatic carbocycles. The van der Waals surface area contributed by atoms with Crippen LogP contribution in [0.5, 0.6) is 0 Å². The number of hydrogen-bond acceptors (Lipinski definition) is 2. The molecular formula is C22H37FN4O2+2. The van der Waals surface area contributed by atoms with Crippen molar-refractivity contribution >= 4 is 17.5 Å². The molecule has 0 spiro atoms. The van der Waals surface area contributed by atoms with Gasteiger partial charge in [-0.25, -0.2) is 4.39 Å². The summed E-state index contributed by atoms with van der Waals surface area (Å²) < 4.78 is 12.9. The molecule has 0 aromatic heterocycles. The maximum atomic E-state index is 12.9. The normalized spacial score (nSPS) is 20.3. The Labute approximate surface area is 173 Å². The number of halogens is 1. The lowest BCUT2D eigenvalue weighted by molar-refractivity contribution is -1.00. The number of piperazine rings is 1. The fourth-order valence-electron chi connectivity index (χ4n) is 3.73. The van der Waals surface area contributed by atoms with Gasteiger partial charge in [0.25, 0.3) is 11.8 Å². The van der Waals surface area contributed by atoms with E-state index in [0.29, 0.717) is 24.7 Å². The number of quaternary nitrogens is 2. The standard InChI is InChI=1S/C22H35FN4O2/c1-17(2)5-4-6-18(3)24-21(28)15-26-11-13-27(14-12-26)16-22(29)25-20-9-7-19(23)8-10-20/h7-10,17-18H,4-6,11-16H2,1-3H3,(H,24,28)(H,25,29)/p+2/t18-/m0/s1. The summed E-state index contributed by atoms with van der Waals surface area (Å²) in [6.45, 7) is 10.9. The zero-order chi connectivity index (χ0) is 21.2. The van der Waals surface area contributed by atoms with Gasteiger partial charge in [-0.15, -0.1) is 0 Å². The van der Waals surface area contributed by atoms with Gasteiger partial charge in [-0.1, -0.05) is 26.7 Å². The Balaban J connectivity index is 1.62. The SMILES string of the molecule is CC(C)CCC[C@H](C)NC(=O)C[NH+]1CC[NH+](CC(=O)Nc2ccc(F)cc2)CC1. The second-order valence-electron chi connectivity index (χ2n) is 8.70. The van der Waals surface area contributed by atoms with E-state index in [1.807, 2.05) is 0 Å². The lowest BCUT2D eigenvalue weighted by atomic mass is 10.0. The Kier molecular flexibility index (Phi) is 9.54. The molecule has 29 heavy (non-hydrogen) atoms. The average Bonchev–Trinajstić information content (AvgIpc) is 2.65. The molecule has 2 rings (SSSR count). The highest BCUT2D eigenvalue weighted by molar-refractivity contribution is 5.91. The van der Waals surface area contributed by atoms with Gasteiger partial charge in [0.1, 0.15) is 32.0 Å². The molecule has 0 saturated carbocycles. The molecule has 1 aromatic rings. The third-order valence-electron chi connectivity index (χ3n) is 5.44. The molecule has 1 aliphatic rings. The van der Waals surface area contributed by atoms with E-state index in [0.717, 1.165) is 39.0 Å². The maximum absolute atomic E-state index is 12.9. The number of amides is 2. The van der Waals surface area contributed by atoms with E-state index >= 15 is 0 Å². The van der Waals surface area contributed by atoms with E-state index in [-0.39, 0.29) is 23.7 Å². The molecule has 6 nitrogen and oxygen atoms in total. The van der Waals surface area contributed by atoms with Crippen molar-refractivity contribution in [2.75, 3.05) is 44.6 Å². The topological polar surface area (TPSA) is 67.1 Å². The highest BCUT2D eigenvalue weighted by Gasteiger charge is 2.26. The molecule has 4 N–H and O–H groups in total. The van der Waals surface area contributed by atoms with Crippen molar-refractivity contribution in [3.05, 3.63) is 30.1 Å². The van der Waals surface area contributed by atoms with Gasteiger partial charge in [0.2, 0.25) is 0 Å². The Bertz CT molecular complexity index is 643. The second kappa shape index (κ2) is 11.9. The summed E-state index contributed by atoms with van der Waals surface area (Å²) in [4.78, 5) is 26.9. The van der Waals surface area contributed by atoms with Crippen molar-refractivity contribution < 1.29 is 23.8 Å². The first kappa shape index (κ1) is 23.3. The summed E-state index contributed by atoms with van der Waals surface area (Å²) >= 11 is 0. The molecule has 1 atom stereocenters. The number of carbonyl (C=O) groups excluding carboxylic acids is 2. The van der Waals surface area contributed by atoms with Crippen LogP contribution >= 0.6 is 0 Å². The number of nitrogens with one attached hydrogen (secondary N) is 4. The van der Waals surface area contributed by atoms with Gasteiger partial charge in [-0.05, 0) is 43.5 Å². The highest BCUT2D eigenvalue weighted by Crippen LogP contribution is 2.08. The Morgan fingerprint density at radius 1 is 0.931 bits per heavy atom. The predicted octanol–water partition coefficient (Wildman–Crippen LogP) is -0.121. The van der Waals surface area contributed by atoms with Crippen LogP contribution < -0.4 is 20.4 Å². The van der Waals surface area contributed by atoms with E-state index in [1.165, 1.54) is 28.4 Å². The van der Waals surface area contributed by atoms with Crippen LogP contribution in [0.2, 0.25) is 0 Å². The summed E-state index contributed by atoms with van der Waals surface area (Å²) in [6, 6.07) is 6.02. The molecule has 1 aliphatic heterocycles. The third kappa shape index (κ3) is 9.37. The summed E-state index contributed by atoms with van der Waals surface area (Å²) in [6.07, 6.45) is 3.37. The van der Waals surface area contributed by atoms with E-state index in [9.17, 15) is 14.0 Å². The number of rotatable bonds is 10. The van der Waals surface area contributed by atoms with Gasteiger partial charge in [-0.2, -0.15) is 0 Å². The fraction of sp³-hybridized carbons (Fsp3) is 0.636. The van der Waals surface area contributed by atoms with Gasteiger partial charge in [0, 0.05) is 11.7 Å². The Morgan fingerprint density at radius 3 is 2.03 bits per heavy atom. The van der Waals surface area contributed by atoms with Crippen LogP contribution in [0.1, 0.15) is 40.0 Å². The molecule has 1 aromatic carbocycles. The quantitative estimate of drug-likeness (QED) is 0.436. The third-order valence-corrected chi connectivity index (χ3v) is 5.44. The molecule has 1 heterocycles. The van der Waals surface area contributed by atoms with Crippen molar-refractivity contribution in [3.63, 3.8) is 0 Å². The molecule has 162 valence electrons. The molecule has 0 unspecified atom stereocenters. The highest BCUT2D eigenvalue weighted by atomic mass is 19.1. The number of hydrogen-bond donors (Lipinski definition) is 4. The lowest BCUT2D eigenvalue weighted by Gasteiger charge is -2.29. The van der Waals surface area contributed by atoms with Crippen LogP contribution in [0.25, 0.3) is 0 Å². The van der Waals surface area contributed by atoms with Gasteiger partial charge in [0.05, 0.1) is 0 Å². The summed E-state index contributed by atoms with van der Waals surface area (Å²) in [5.74, 6) is 0.443. The Morgan fingerprint density at radius 2 is 1.48 bits per heavy atom. The van der Waals surface area contributed by atoms with Gasteiger partial charge >= 0.3 is 0 Å². The molecule has 7 heteroatoms. The van der Waals surface area contributed by atoms with Crippen LogP contribution in [-0.4, -0.2) is 57.1 Å². The van der Waals surface area contributed by atoms with Crippen molar-refractivity contribution in [1.29, 1.82) is 0 Å². The lowest BCUT2D eigenvalue weighted by Crippen LogP contribution is -3.28. The number of anilines is 1. The first-order valence-electron chi connectivity index (χ1n) is 10.8. The van der Waals surface area contributed by atoms with Gasteiger partial charge in [-0.3, -0.25) is 9.59 Å². The monoisotopic (exact) mass is 408 g/mol. The zero-order valence-corrected chi connectivity index (χ0v) is 18.0. The largest absolute Gasteiger partial charge is 0.349 e. The molecule has 1 saturated heterocycles. The fourth-order valence-corrected chi connectivity index (χ4v) is 3.73. The van der Waals surface area contributed by atoms with Crippen molar-refractivity contribution in [1.82, 2.24) is 5.32 Å². The molecule has 0 bridgehead atoms. The molecule has 0 radical (unpaired) electrons. The maximum Gasteiger partial charge on any atom is 0.279 e. The second-order valence-corrected chi connectivity index (χ2v) is 8.70. The summed E-state index contributed by atoms with van der Waals surface area (Å²) in [5, 5.41) is 5.93. The van der Waals surface area contributed by atoms with E-state index in [1.54, 1.807) is 12.1 Å². The van der Waals surface area contributed by atoms with E-state index in [2.05, 4.69) is 31.4 Å². The van der Waals surface area contributed by atoms with Crippen molar-refractivity contribution in [2.45, 2.75) is 46.1 Å². The van der Waals surface area contributed by atoms with Crippen molar-refractivity contribution in [3.8, 4) is 0 Å². The predicted molar refractivity (Wildman–Crippen MR) is 112 cm³/mol. The van der Waals surface area contributed by atoms with Gasteiger partial charge in [0.15, 0.2) is 13.1 Å². The number of benzene rings is 1. The smallest absolute Gasteiger partial charge is 0.279 e. The van der Waals surface area contributed by atoms with Crippen molar-refractivity contribution in [2.24, 2.45) is 5.92 Å². The van der Waals surface area contributed by atoms with Crippen LogP contribution in [0.4, 0.5) is 10.1 Å². The van der Waals surface area contributed by atoms with E-state index < -0.39 is 0 Å². The minimum Gasteiger partial charge on any atom is -0.349 e. The van der Waals surface area contributed by atoms with Crippen LogP contribution in [-0.2, 0) is 9.59 Å². The summed E-state index contributed by atoms with van der Waals surface area (Å²) in [7, 11) is 0. The zero-order valence-electron chi connectivity index (χ0n) is 18.0. The van der Waals surface area contributed by atoms with E-state index in [4.69, 9.17) is 0 Å². The van der Waals surface area contributed by atoms with Crippen LogP contribution in [0.15, 0.2) is 24.3 Å². The van der Waals surface area contributed by atoms with Gasteiger partial charge < -0.3 is 20.4 Å². The van der Waals surface area contributed by atoms with Crippen LogP contribution in [0, 0.1) is 11.7 Å². The number of carbonyl (C=O) groups is 2.